The number of carbonyl (C=O) groups is 3. The molecule has 2 aromatic carbocycles. The van der Waals surface area contributed by atoms with Gasteiger partial charge in [0.15, 0.2) is 11.5 Å². The average Bonchev–Trinajstić information content (AvgIpc) is 3.13. The monoisotopic (exact) mass is 467 g/mol. The summed E-state index contributed by atoms with van der Waals surface area (Å²) in [6.45, 7) is 1.24. The maximum Gasteiger partial charge on any atom is 0.325 e. The zero-order chi connectivity index (χ0) is 24.2. The molecule has 2 aliphatic heterocycles. The first-order valence-corrected chi connectivity index (χ1v) is 11.2. The number of hydrogen-bond donors (Lipinski definition) is 1. The lowest BCUT2D eigenvalue weighted by Crippen LogP contribution is -2.37. The zero-order valence-electron chi connectivity index (χ0n) is 19.6. The molecule has 0 saturated carbocycles. The third kappa shape index (κ3) is 4.78. The maximum absolute atomic E-state index is 12.9. The zero-order valence-corrected chi connectivity index (χ0v) is 19.6. The van der Waals surface area contributed by atoms with Crippen LogP contribution < -0.4 is 19.5 Å². The van der Waals surface area contributed by atoms with Gasteiger partial charge < -0.3 is 24.4 Å². The lowest BCUT2D eigenvalue weighted by molar-refractivity contribution is -0.132. The topological polar surface area (TPSA) is 97.4 Å². The van der Waals surface area contributed by atoms with E-state index in [0.29, 0.717) is 30.3 Å². The summed E-state index contributed by atoms with van der Waals surface area (Å²) < 4.78 is 15.9. The van der Waals surface area contributed by atoms with Gasteiger partial charge in [-0.25, -0.2) is 4.79 Å². The number of ether oxygens (including phenoxy) is 3. The van der Waals surface area contributed by atoms with Gasteiger partial charge in [0.05, 0.1) is 27.9 Å². The molecular weight excluding hydrogens is 438 g/mol. The fraction of sp³-hybridized carbons (Fsp3) is 0.400. The minimum atomic E-state index is -0.698. The Morgan fingerprint density at radius 3 is 2.32 bits per heavy atom. The van der Waals surface area contributed by atoms with E-state index in [-0.39, 0.29) is 31.2 Å². The van der Waals surface area contributed by atoms with Crippen molar-refractivity contribution in [1.82, 2.24) is 15.1 Å². The van der Waals surface area contributed by atoms with Crippen molar-refractivity contribution in [3.05, 3.63) is 53.1 Å². The Morgan fingerprint density at radius 2 is 1.68 bits per heavy atom. The minimum absolute atomic E-state index is 0.0453. The first kappa shape index (κ1) is 23.4. The van der Waals surface area contributed by atoms with Crippen molar-refractivity contribution in [2.24, 2.45) is 0 Å². The van der Waals surface area contributed by atoms with Gasteiger partial charge in [0.25, 0.3) is 5.91 Å². The summed E-state index contributed by atoms with van der Waals surface area (Å²) in [6, 6.07) is 9.93. The van der Waals surface area contributed by atoms with E-state index >= 15 is 0 Å². The predicted molar refractivity (Wildman–Crippen MR) is 124 cm³/mol. The molecule has 0 aliphatic carbocycles. The van der Waals surface area contributed by atoms with E-state index in [4.69, 9.17) is 14.2 Å². The van der Waals surface area contributed by atoms with Crippen LogP contribution in [0, 0.1) is 0 Å². The van der Waals surface area contributed by atoms with Crippen molar-refractivity contribution >= 4 is 17.8 Å². The molecule has 1 atom stereocenters. The molecular formula is C25H29N3O6. The molecule has 180 valence electrons. The van der Waals surface area contributed by atoms with Gasteiger partial charge in [-0.3, -0.25) is 14.5 Å². The third-order valence-electron chi connectivity index (χ3n) is 6.32. The van der Waals surface area contributed by atoms with E-state index in [9.17, 15) is 14.4 Å². The number of methoxy groups -OCH3 is 3. The van der Waals surface area contributed by atoms with Crippen molar-refractivity contribution in [2.75, 3.05) is 27.9 Å². The first-order valence-electron chi connectivity index (χ1n) is 11.2. The molecule has 34 heavy (non-hydrogen) atoms. The van der Waals surface area contributed by atoms with Gasteiger partial charge in [-0.15, -0.1) is 0 Å². The van der Waals surface area contributed by atoms with Crippen LogP contribution in [0.4, 0.5) is 4.79 Å². The second-order valence-corrected chi connectivity index (χ2v) is 8.35. The largest absolute Gasteiger partial charge is 0.497 e. The Morgan fingerprint density at radius 1 is 1.00 bits per heavy atom. The van der Waals surface area contributed by atoms with Crippen LogP contribution in [0.5, 0.6) is 17.2 Å². The molecule has 2 aromatic rings. The van der Waals surface area contributed by atoms with Gasteiger partial charge in [0.2, 0.25) is 5.91 Å². The minimum Gasteiger partial charge on any atom is -0.497 e. The van der Waals surface area contributed by atoms with Crippen molar-refractivity contribution in [2.45, 2.75) is 38.4 Å². The number of benzene rings is 2. The SMILES string of the molecule is COc1ccc(CN2C(=O)N[C@@H](CCC(=O)N3CCc4cc(OC)c(OC)cc4C3)C2=O)cc1. The molecule has 1 N–H and O–H groups in total. The average molecular weight is 468 g/mol. The first-order chi connectivity index (χ1) is 16.4. The van der Waals surface area contributed by atoms with E-state index in [1.165, 1.54) is 4.90 Å². The number of nitrogens with zero attached hydrogens (tertiary/aromatic N) is 2. The molecule has 0 spiro atoms. The summed E-state index contributed by atoms with van der Waals surface area (Å²) in [7, 11) is 4.76. The molecule has 0 aromatic heterocycles. The van der Waals surface area contributed by atoms with Crippen molar-refractivity contribution in [3.8, 4) is 17.2 Å². The molecule has 0 unspecified atom stereocenters. The van der Waals surface area contributed by atoms with E-state index in [2.05, 4.69) is 5.32 Å². The summed E-state index contributed by atoms with van der Waals surface area (Å²) in [4.78, 5) is 41.0. The molecule has 4 amide bonds. The number of amides is 4. The molecule has 0 bridgehead atoms. The second kappa shape index (κ2) is 10.0. The smallest absolute Gasteiger partial charge is 0.325 e. The van der Waals surface area contributed by atoms with Crippen LogP contribution in [-0.4, -0.2) is 61.6 Å². The summed E-state index contributed by atoms with van der Waals surface area (Å²) >= 11 is 0. The summed E-state index contributed by atoms with van der Waals surface area (Å²) in [5, 5.41) is 2.71. The molecule has 1 saturated heterocycles. The van der Waals surface area contributed by atoms with Gasteiger partial charge in [0, 0.05) is 19.5 Å². The highest BCUT2D eigenvalue weighted by Crippen LogP contribution is 2.33. The van der Waals surface area contributed by atoms with Crippen molar-refractivity contribution < 1.29 is 28.6 Å². The van der Waals surface area contributed by atoms with E-state index in [1.807, 2.05) is 24.3 Å². The van der Waals surface area contributed by atoms with Crippen LogP contribution in [0.2, 0.25) is 0 Å². The van der Waals surface area contributed by atoms with Crippen molar-refractivity contribution in [3.63, 3.8) is 0 Å². The van der Waals surface area contributed by atoms with E-state index in [0.717, 1.165) is 23.1 Å². The molecule has 0 radical (unpaired) electrons. The number of carbonyl (C=O) groups excluding carboxylic acids is 3. The number of fused-ring (bicyclic) bond motifs is 1. The van der Waals surface area contributed by atoms with Gasteiger partial charge >= 0.3 is 6.03 Å². The second-order valence-electron chi connectivity index (χ2n) is 8.35. The van der Waals surface area contributed by atoms with Crippen LogP contribution >= 0.6 is 0 Å². The number of imide groups is 1. The van der Waals surface area contributed by atoms with Gasteiger partial charge in [-0.2, -0.15) is 0 Å². The van der Waals surface area contributed by atoms with E-state index in [1.54, 1.807) is 38.4 Å². The quantitative estimate of drug-likeness (QED) is 0.599. The molecule has 1 fully saturated rings. The Hall–Kier alpha value is -3.75. The maximum atomic E-state index is 12.9. The Balaban J connectivity index is 1.33. The van der Waals surface area contributed by atoms with Crippen LogP contribution in [0.25, 0.3) is 0 Å². The number of nitrogens with one attached hydrogen (secondary N) is 1. The standard InChI is InChI=1S/C25H29N3O6/c1-32-19-6-4-16(5-7-19)14-28-24(30)20(26-25(28)31)8-9-23(29)27-11-10-17-12-21(33-2)22(34-3)13-18(17)15-27/h4-7,12-13,20H,8-11,14-15H2,1-3H3,(H,26,31)/t20-/m0/s1. The highest BCUT2D eigenvalue weighted by molar-refractivity contribution is 6.04. The van der Waals surface area contributed by atoms with E-state index < -0.39 is 12.1 Å². The van der Waals surface area contributed by atoms with Crippen LogP contribution in [-0.2, 0) is 29.1 Å². The van der Waals surface area contributed by atoms with Gasteiger partial charge in [-0.1, -0.05) is 12.1 Å². The summed E-state index contributed by atoms with van der Waals surface area (Å²) in [5.74, 6) is 1.66. The molecule has 9 nitrogen and oxygen atoms in total. The molecule has 9 heteroatoms. The van der Waals surface area contributed by atoms with Crippen molar-refractivity contribution in [1.29, 1.82) is 0 Å². The normalized spacial score (nSPS) is 17.3. The highest BCUT2D eigenvalue weighted by atomic mass is 16.5. The lowest BCUT2D eigenvalue weighted by atomic mass is 9.98. The lowest BCUT2D eigenvalue weighted by Gasteiger charge is -2.30. The number of rotatable bonds is 8. The number of hydrogen-bond acceptors (Lipinski definition) is 6. The summed E-state index contributed by atoms with van der Waals surface area (Å²) in [6.07, 6.45) is 1.16. The van der Waals surface area contributed by atoms with Crippen LogP contribution in [0.1, 0.15) is 29.5 Å². The molecule has 2 heterocycles. The summed E-state index contributed by atoms with van der Waals surface area (Å²) in [5.41, 5.74) is 2.97. The number of urea groups is 1. The predicted octanol–water partition coefficient (Wildman–Crippen LogP) is 2.50. The van der Waals surface area contributed by atoms with Crippen LogP contribution in [0.15, 0.2) is 36.4 Å². The highest BCUT2D eigenvalue weighted by Gasteiger charge is 2.38. The van der Waals surface area contributed by atoms with Crippen LogP contribution in [0.3, 0.4) is 0 Å². The van der Waals surface area contributed by atoms with Gasteiger partial charge in [0.1, 0.15) is 11.8 Å². The third-order valence-corrected chi connectivity index (χ3v) is 6.32. The fourth-order valence-corrected chi connectivity index (χ4v) is 4.36. The van der Waals surface area contributed by atoms with Gasteiger partial charge in [-0.05, 0) is 53.8 Å². The Labute approximate surface area is 198 Å². The molecule has 4 rings (SSSR count). The Kier molecular flexibility index (Phi) is 6.90. The fourth-order valence-electron chi connectivity index (χ4n) is 4.36. The molecule has 2 aliphatic rings. The Bertz CT molecular complexity index is 1080.